The standard InChI is InChI=1S/C14H17ClN2O/c1-14(11-16,17-6-8-18-9-7-17)10-12-2-4-13(15)5-3-12/h2-5H,6-10H2,1H3. The van der Waals surface area contributed by atoms with E-state index in [1.807, 2.05) is 31.2 Å². The lowest BCUT2D eigenvalue weighted by Crippen LogP contribution is -2.52. The van der Waals surface area contributed by atoms with Crippen LogP contribution in [-0.2, 0) is 11.2 Å². The number of halogens is 1. The van der Waals surface area contributed by atoms with Crippen LogP contribution in [0.4, 0.5) is 0 Å². The van der Waals surface area contributed by atoms with E-state index in [1.165, 1.54) is 0 Å². The second-order valence-corrected chi connectivity index (χ2v) is 5.22. The summed E-state index contributed by atoms with van der Waals surface area (Å²) in [7, 11) is 0. The molecule has 1 aromatic carbocycles. The molecule has 0 radical (unpaired) electrons. The van der Waals surface area contributed by atoms with Gasteiger partial charge in [-0.2, -0.15) is 5.26 Å². The second-order valence-electron chi connectivity index (χ2n) is 4.79. The van der Waals surface area contributed by atoms with E-state index < -0.39 is 5.54 Å². The third kappa shape index (κ3) is 3.02. The Bertz CT molecular complexity index is 434. The van der Waals surface area contributed by atoms with E-state index in [0.29, 0.717) is 19.6 Å². The first kappa shape index (κ1) is 13.4. The van der Waals surface area contributed by atoms with Gasteiger partial charge >= 0.3 is 0 Å². The Hall–Kier alpha value is -1.08. The normalized spacial score (nSPS) is 20.1. The molecule has 1 aliphatic heterocycles. The van der Waals surface area contributed by atoms with E-state index >= 15 is 0 Å². The van der Waals surface area contributed by atoms with Crippen LogP contribution in [0.3, 0.4) is 0 Å². The van der Waals surface area contributed by atoms with Gasteiger partial charge in [0.25, 0.3) is 0 Å². The van der Waals surface area contributed by atoms with Gasteiger partial charge in [0, 0.05) is 24.5 Å². The monoisotopic (exact) mass is 264 g/mol. The van der Waals surface area contributed by atoms with Gasteiger partial charge in [0.15, 0.2) is 0 Å². The zero-order valence-electron chi connectivity index (χ0n) is 10.5. The van der Waals surface area contributed by atoms with E-state index in [9.17, 15) is 5.26 Å². The lowest BCUT2D eigenvalue weighted by atomic mass is 9.92. The molecule has 1 fully saturated rings. The van der Waals surface area contributed by atoms with Crippen LogP contribution in [0.5, 0.6) is 0 Å². The summed E-state index contributed by atoms with van der Waals surface area (Å²) >= 11 is 5.87. The van der Waals surface area contributed by atoms with Crippen LogP contribution in [-0.4, -0.2) is 36.7 Å². The van der Waals surface area contributed by atoms with Crippen molar-refractivity contribution in [3.8, 4) is 6.07 Å². The van der Waals surface area contributed by atoms with Gasteiger partial charge in [-0.25, -0.2) is 0 Å². The highest BCUT2D eigenvalue weighted by Gasteiger charge is 2.33. The number of morpholine rings is 1. The molecule has 1 aliphatic rings. The number of nitriles is 1. The maximum atomic E-state index is 9.49. The molecule has 1 saturated heterocycles. The minimum atomic E-state index is -0.475. The van der Waals surface area contributed by atoms with Crippen LogP contribution in [0.2, 0.25) is 5.02 Å². The maximum Gasteiger partial charge on any atom is 0.110 e. The highest BCUT2D eigenvalue weighted by atomic mass is 35.5. The highest BCUT2D eigenvalue weighted by molar-refractivity contribution is 6.30. The van der Waals surface area contributed by atoms with Crippen molar-refractivity contribution in [2.75, 3.05) is 26.3 Å². The molecule has 96 valence electrons. The van der Waals surface area contributed by atoms with Crippen LogP contribution in [0.15, 0.2) is 24.3 Å². The molecule has 2 rings (SSSR count). The van der Waals surface area contributed by atoms with E-state index in [-0.39, 0.29) is 0 Å². The number of nitrogens with zero attached hydrogens (tertiary/aromatic N) is 2. The number of ether oxygens (including phenoxy) is 1. The molecule has 0 bridgehead atoms. The lowest BCUT2D eigenvalue weighted by Gasteiger charge is -2.38. The Kier molecular flexibility index (Phi) is 4.23. The number of rotatable bonds is 3. The number of hydrogen-bond acceptors (Lipinski definition) is 3. The predicted molar refractivity (Wildman–Crippen MR) is 71.6 cm³/mol. The minimum absolute atomic E-state index is 0.475. The summed E-state index contributed by atoms with van der Waals surface area (Å²) in [6, 6.07) is 10.2. The van der Waals surface area contributed by atoms with Crippen molar-refractivity contribution in [3.63, 3.8) is 0 Å². The van der Waals surface area contributed by atoms with Crippen LogP contribution in [0.1, 0.15) is 12.5 Å². The van der Waals surface area contributed by atoms with Gasteiger partial charge in [-0.1, -0.05) is 23.7 Å². The van der Waals surface area contributed by atoms with Crippen molar-refractivity contribution < 1.29 is 4.74 Å². The Balaban J connectivity index is 2.12. The zero-order chi connectivity index (χ0) is 13.0. The molecule has 1 atom stereocenters. The van der Waals surface area contributed by atoms with Crippen molar-refractivity contribution in [1.29, 1.82) is 5.26 Å². The first-order chi connectivity index (χ1) is 8.64. The van der Waals surface area contributed by atoms with Crippen molar-refractivity contribution >= 4 is 11.6 Å². The Morgan fingerprint density at radius 3 is 2.50 bits per heavy atom. The smallest absolute Gasteiger partial charge is 0.110 e. The summed E-state index contributed by atoms with van der Waals surface area (Å²) < 4.78 is 5.34. The molecular formula is C14H17ClN2O. The van der Waals surface area contributed by atoms with Gasteiger partial charge in [-0.15, -0.1) is 0 Å². The number of benzene rings is 1. The Morgan fingerprint density at radius 1 is 1.33 bits per heavy atom. The van der Waals surface area contributed by atoms with Gasteiger partial charge in [0.1, 0.15) is 5.54 Å². The molecule has 0 saturated carbocycles. The molecule has 3 nitrogen and oxygen atoms in total. The van der Waals surface area contributed by atoms with Crippen LogP contribution >= 0.6 is 11.6 Å². The SMILES string of the molecule is CC(C#N)(Cc1ccc(Cl)cc1)N1CCOCC1. The van der Waals surface area contributed by atoms with Gasteiger partial charge in [-0.05, 0) is 24.6 Å². The molecule has 1 heterocycles. The Morgan fingerprint density at radius 2 is 1.94 bits per heavy atom. The predicted octanol–water partition coefficient (Wildman–Crippen LogP) is 2.50. The van der Waals surface area contributed by atoms with Gasteiger partial charge < -0.3 is 4.74 Å². The topological polar surface area (TPSA) is 36.3 Å². The average Bonchev–Trinajstić information content (AvgIpc) is 2.42. The zero-order valence-corrected chi connectivity index (χ0v) is 11.3. The summed E-state index contributed by atoms with van der Waals surface area (Å²) in [5.74, 6) is 0. The van der Waals surface area contributed by atoms with Crippen LogP contribution < -0.4 is 0 Å². The molecule has 0 aromatic heterocycles. The molecule has 1 aromatic rings. The lowest BCUT2D eigenvalue weighted by molar-refractivity contribution is 0.00189. The Labute approximate surface area is 113 Å². The van der Waals surface area contributed by atoms with Crippen molar-refractivity contribution in [2.45, 2.75) is 18.9 Å². The third-order valence-corrected chi connectivity index (χ3v) is 3.66. The van der Waals surface area contributed by atoms with Crippen LogP contribution in [0.25, 0.3) is 0 Å². The van der Waals surface area contributed by atoms with Gasteiger partial charge in [-0.3, -0.25) is 4.90 Å². The van der Waals surface area contributed by atoms with E-state index in [4.69, 9.17) is 16.3 Å². The van der Waals surface area contributed by atoms with Crippen molar-refractivity contribution in [1.82, 2.24) is 4.90 Å². The molecule has 0 amide bonds. The van der Waals surface area contributed by atoms with Gasteiger partial charge in [0.05, 0.1) is 19.3 Å². The quantitative estimate of drug-likeness (QED) is 0.842. The molecular weight excluding hydrogens is 248 g/mol. The molecule has 4 heteroatoms. The fourth-order valence-electron chi connectivity index (χ4n) is 2.28. The summed E-state index contributed by atoms with van der Waals surface area (Å²) in [6.45, 7) is 5.04. The molecule has 0 N–H and O–H groups in total. The fourth-order valence-corrected chi connectivity index (χ4v) is 2.40. The maximum absolute atomic E-state index is 9.49. The molecule has 1 unspecified atom stereocenters. The first-order valence-electron chi connectivity index (χ1n) is 6.12. The molecule has 18 heavy (non-hydrogen) atoms. The summed E-state index contributed by atoms with van der Waals surface area (Å²) in [4.78, 5) is 2.20. The summed E-state index contributed by atoms with van der Waals surface area (Å²) in [5, 5.41) is 10.2. The van der Waals surface area contributed by atoms with Crippen LogP contribution in [0, 0.1) is 11.3 Å². The second kappa shape index (κ2) is 5.71. The molecule has 0 aliphatic carbocycles. The van der Waals surface area contributed by atoms with Crippen molar-refractivity contribution in [3.05, 3.63) is 34.9 Å². The third-order valence-electron chi connectivity index (χ3n) is 3.41. The summed E-state index contributed by atoms with van der Waals surface area (Å²) in [5.41, 5.74) is 0.660. The minimum Gasteiger partial charge on any atom is -0.379 e. The van der Waals surface area contributed by atoms with Gasteiger partial charge in [0.2, 0.25) is 0 Å². The van der Waals surface area contributed by atoms with E-state index in [0.717, 1.165) is 23.7 Å². The van der Waals surface area contributed by atoms with E-state index in [2.05, 4.69) is 11.0 Å². The largest absolute Gasteiger partial charge is 0.379 e. The van der Waals surface area contributed by atoms with E-state index in [1.54, 1.807) is 0 Å². The molecule has 0 spiro atoms. The first-order valence-corrected chi connectivity index (χ1v) is 6.50. The highest BCUT2D eigenvalue weighted by Crippen LogP contribution is 2.22. The fraction of sp³-hybridized carbons (Fsp3) is 0.500. The average molecular weight is 265 g/mol. The summed E-state index contributed by atoms with van der Waals surface area (Å²) in [6.07, 6.45) is 0.709. The number of hydrogen-bond donors (Lipinski definition) is 0. The van der Waals surface area contributed by atoms with Crippen molar-refractivity contribution in [2.24, 2.45) is 0 Å².